The minimum absolute atomic E-state index is 0.280. The molecule has 0 spiro atoms. The summed E-state index contributed by atoms with van der Waals surface area (Å²) >= 11 is 0. The summed E-state index contributed by atoms with van der Waals surface area (Å²) in [6.07, 6.45) is 12.8. The summed E-state index contributed by atoms with van der Waals surface area (Å²) in [5, 5.41) is 3.13. The quantitative estimate of drug-likeness (QED) is 0.310. The van der Waals surface area contributed by atoms with Gasteiger partial charge in [0.25, 0.3) is 0 Å². The molecule has 0 amide bonds. The summed E-state index contributed by atoms with van der Waals surface area (Å²) in [6.45, 7) is 6.85. The Bertz CT molecular complexity index is 732. The molecule has 2 unspecified atom stereocenters. The van der Waals surface area contributed by atoms with Crippen molar-refractivity contribution in [3.63, 3.8) is 0 Å². The van der Waals surface area contributed by atoms with Crippen LogP contribution in [0.2, 0.25) is 0 Å². The summed E-state index contributed by atoms with van der Waals surface area (Å²) in [4.78, 5) is 10.4. The highest BCUT2D eigenvalue weighted by molar-refractivity contribution is 5.44. The Hall–Kier alpha value is -2.32. The van der Waals surface area contributed by atoms with Gasteiger partial charge in [0.2, 0.25) is 0 Å². The molecule has 1 N–H and O–H groups in total. The maximum absolute atomic E-state index is 14.0. The van der Waals surface area contributed by atoms with Crippen LogP contribution in [-0.4, -0.2) is 19.6 Å². The van der Waals surface area contributed by atoms with Crippen LogP contribution in [0.5, 0.6) is 5.75 Å². The number of hydrogen-bond donors (Lipinski definition) is 1. The normalized spacial score (nSPS) is 15.6. The monoisotopic (exact) mass is 399 g/mol. The van der Waals surface area contributed by atoms with Gasteiger partial charge in [-0.05, 0) is 86.5 Å². The van der Waals surface area contributed by atoms with E-state index in [4.69, 9.17) is 4.74 Å². The predicted molar refractivity (Wildman–Crippen MR) is 117 cm³/mol. The molecule has 2 rings (SSSR count). The Morgan fingerprint density at radius 2 is 2.10 bits per heavy atom. The van der Waals surface area contributed by atoms with E-state index in [0.717, 1.165) is 43.4 Å². The fourth-order valence-electron chi connectivity index (χ4n) is 3.32. The zero-order chi connectivity index (χ0) is 21.1. The van der Waals surface area contributed by atoms with E-state index in [1.54, 1.807) is 6.08 Å². The highest BCUT2D eigenvalue weighted by Gasteiger charge is 2.22. The molecule has 1 aromatic rings. The molecule has 1 saturated carbocycles. The maximum atomic E-state index is 14.0. The number of halogens is 1. The summed E-state index contributed by atoms with van der Waals surface area (Å²) in [5.41, 5.74) is 2.11. The molecule has 0 radical (unpaired) electrons. The molecule has 0 saturated heterocycles. The van der Waals surface area contributed by atoms with Gasteiger partial charge in [0.1, 0.15) is 5.94 Å². The molecule has 1 aliphatic rings. The zero-order valence-corrected chi connectivity index (χ0v) is 17.8. The number of ether oxygens (including phenoxy) is 1. The van der Waals surface area contributed by atoms with Gasteiger partial charge in [-0.2, -0.15) is 0 Å². The summed E-state index contributed by atoms with van der Waals surface area (Å²) < 4.78 is 19.6. The van der Waals surface area contributed by atoms with Crippen molar-refractivity contribution in [1.29, 1.82) is 0 Å². The van der Waals surface area contributed by atoms with Gasteiger partial charge in [-0.25, -0.2) is 9.18 Å². The van der Waals surface area contributed by atoms with Crippen LogP contribution in [0.4, 0.5) is 4.39 Å². The fraction of sp³-hybridized carbons (Fsp3) is 0.520. The Morgan fingerprint density at radius 3 is 2.79 bits per heavy atom. The second kappa shape index (κ2) is 12.3. The van der Waals surface area contributed by atoms with Crippen molar-refractivity contribution >= 4 is 5.94 Å². The van der Waals surface area contributed by atoms with Crippen LogP contribution in [0, 0.1) is 17.7 Å². The van der Waals surface area contributed by atoms with Crippen molar-refractivity contribution in [2.75, 3.05) is 13.7 Å². The van der Waals surface area contributed by atoms with Crippen molar-refractivity contribution in [3.8, 4) is 5.75 Å². The Kier molecular flexibility index (Phi) is 9.73. The molecule has 0 aromatic heterocycles. The van der Waals surface area contributed by atoms with Crippen LogP contribution in [0.25, 0.3) is 0 Å². The van der Waals surface area contributed by atoms with Crippen LogP contribution >= 0.6 is 0 Å². The first-order chi connectivity index (χ1) is 14.0. The van der Waals surface area contributed by atoms with Gasteiger partial charge >= 0.3 is 0 Å². The van der Waals surface area contributed by atoms with Crippen LogP contribution in [-0.2, 0) is 4.79 Å². The van der Waals surface area contributed by atoms with Crippen LogP contribution < -0.4 is 10.1 Å². The molecule has 2 atom stereocenters. The maximum Gasteiger partial charge on any atom is 0.165 e. The van der Waals surface area contributed by atoms with Crippen molar-refractivity contribution in [2.45, 2.75) is 57.8 Å². The second-order valence-electron chi connectivity index (χ2n) is 8.00. The van der Waals surface area contributed by atoms with Gasteiger partial charge < -0.3 is 10.1 Å². The minimum atomic E-state index is -0.280. The van der Waals surface area contributed by atoms with Crippen molar-refractivity contribution in [1.82, 2.24) is 5.32 Å². The number of hydrogen-bond acceptors (Lipinski definition) is 3. The van der Waals surface area contributed by atoms with E-state index in [-0.39, 0.29) is 5.82 Å². The smallest absolute Gasteiger partial charge is 0.165 e. The van der Waals surface area contributed by atoms with E-state index in [9.17, 15) is 9.18 Å². The average molecular weight is 400 g/mol. The third kappa shape index (κ3) is 8.29. The summed E-state index contributed by atoms with van der Waals surface area (Å²) in [5.74, 6) is 3.19. The fourth-order valence-corrected chi connectivity index (χ4v) is 3.32. The number of nitrogens with one attached hydrogen (secondary N) is 1. The average Bonchev–Trinajstić information content (AvgIpc) is 3.55. The van der Waals surface area contributed by atoms with Gasteiger partial charge in [-0.3, -0.25) is 0 Å². The van der Waals surface area contributed by atoms with Crippen molar-refractivity contribution in [2.24, 2.45) is 11.8 Å². The zero-order valence-electron chi connectivity index (χ0n) is 17.8. The topological polar surface area (TPSA) is 38.3 Å². The van der Waals surface area contributed by atoms with E-state index in [0.29, 0.717) is 30.1 Å². The van der Waals surface area contributed by atoms with Crippen molar-refractivity contribution < 1.29 is 13.9 Å². The molecule has 1 aliphatic carbocycles. The molecule has 4 heteroatoms. The van der Waals surface area contributed by atoms with E-state index in [1.165, 1.54) is 18.9 Å². The predicted octanol–water partition coefficient (Wildman–Crippen LogP) is 5.96. The molecular weight excluding hydrogens is 365 g/mol. The Labute approximate surface area is 174 Å². The molecule has 0 heterocycles. The molecule has 158 valence electrons. The Balaban J connectivity index is 1.80. The minimum Gasteiger partial charge on any atom is -0.490 e. The first-order valence-corrected chi connectivity index (χ1v) is 10.7. The van der Waals surface area contributed by atoms with Gasteiger partial charge in [-0.15, -0.1) is 0 Å². The first-order valence-electron chi connectivity index (χ1n) is 10.7. The summed E-state index contributed by atoms with van der Waals surface area (Å²) in [6, 6.07) is 5.22. The van der Waals surface area contributed by atoms with E-state index in [1.807, 2.05) is 25.1 Å². The van der Waals surface area contributed by atoms with E-state index >= 15 is 0 Å². The molecule has 1 aromatic carbocycles. The van der Waals surface area contributed by atoms with Gasteiger partial charge in [-0.1, -0.05) is 31.7 Å². The SMILES string of the molecule is C=C(NC)C(CCC=C=O)CC/C=C/CC(C)c1ccc(F)c(OCC2CC2)c1. The molecule has 0 bridgehead atoms. The number of rotatable bonds is 14. The van der Waals surface area contributed by atoms with E-state index in [2.05, 4.69) is 31.0 Å². The molecule has 29 heavy (non-hydrogen) atoms. The second-order valence-corrected chi connectivity index (χ2v) is 8.00. The van der Waals surface area contributed by atoms with Crippen LogP contribution in [0.15, 0.2) is 48.7 Å². The molecule has 3 nitrogen and oxygen atoms in total. The van der Waals surface area contributed by atoms with Gasteiger partial charge in [0.05, 0.1) is 6.61 Å². The van der Waals surface area contributed by atoms with Gasteiger partial charge in [0.15, 0.2) is 11.6 Å². The van der Waals surface area contributed by atoms with Crippen molar-refractivity contribution in [3.05, 3.63) is 60.1 Å². The van der Waals surface area contributed by atoms with Gasteiger partial charge in [0, 0.05) is 12.7 Å². The largest absolute Gasteiger partial charge is 0.490 e. The number of benzene rings is 1. The first kappa shape index (κ1) is 23.0. The molecular formula is C25H34FNO2. The van der Waals surface area contributed by atoms with E-state index < -0.39 is 0 Å². The highest BCUT2D eigenvalue weighted by Crippen LogP contribution is 2.31. The molecule has 0 aliphatic heterocycles. The lowest BCUT2D eigenvalue weighted by atomic mass is 9.93. The highest BCUT2D eigenvalue weighted by atomic mass is 19.1. The standard InChI is InChI=1S/C25H34FNO2/c1-19(23-14-15-24(26)25(17-23)29-18-21-12-13-21)9-5-4-6-10-22(20(2)27-3)11-7-8-16-28/h4-5,8,14-15,17,19,21-22,27H,2,6-7,9-13,18H2,1,3H3/b5-4+. The summed E-state index contributed by atoms with van der Waals surface area (Å²) in [7, 11) is 1.88. The number of carbonyl (C=O) groups excluding carboxylic acids is 1. The molecule has 1 fully saturated rings. The van der Waals surface area contributed by atoms with Crippen LogP contribution in [0.3, 0.4) is 0 Å². The van der Waals surface area contributed by atoms with Crippen LogP contribution in [0.1, 0.15) is 63.4 Å². The lowest BCUT2D eigenvalue weighted by molar-refractivity contribution is 0.285. The third-order valence-electron chi connectivity index (χ3n) is 5.59. The lowest BCUT2D eigenvalue weighted by Gasteiger charge is -2.17. The number of allylic oxidation sites excluding steroid dienone is 4. The lowest BCUT2D eigenvalue weighted by Crippen LogP contribution is -2.15. The Morgan fingerprint density at radius 1 is 1.34 bits per heavy atom. The third-order valence-corrected chi connectivity index (χ3v) is 5.59.